The fourth-order valence-corrected chi connectivity index (χ4v) is 1.45. The molecule has 4 heteroatoms. The molecule has 0 aliphatic carbocycles. The first-order valence-electron chi connectivity index (χ1n) is 5.79. The summed E-state index contributed by atoms with van der Waals surface area (Å²) in [6, 6.07) is 3.35. The molecule has 0 saturated carbocycles. The second kappa shape index (κ2) is 7.06. The number of rotatable bonds is 7. The highest BCUT2D eigenvalue weighted by Crippen LogP contribution is 2.00. The minimum atomic E-state index is -0.378. The molecule has 1 rings (SSSR count). The van der Waals surface area contributed by atoms with Gasteiger partial charge in [-0.25, -0.2) is 0 Å². The fourth-order valence-electron chi connectivity index (χ4n) is 1.45. The molecule has 16 heavy (non-hydrogen) atoms. The van der Waals surface area contributed by atoms with E-state index in [1.165, 1.54) is 0 Å². The van der Waals surface area contributed by atoms with E-state index in [0.717, 1.165) is 25.0 Å². The lowest BCUT2D eigenvalue weighted by Gasteiger charge is -2.10. The molecule has 0 aliphatic heterocycles. The Hall–Kier alpha value is -1.29. The van der Waals surface area contributed by atoms with Gasteiger partial charge in [0, 0.05) is 13.0 Å². The minimum absolute atomic E-state index is 0.0694. The van der Waals surface area contributed by atoms with Crippen molar-refractivity contribution in [2.24, 2.45) is 5.73 Å². The average molecular weight is 224 g/mol. The second-order valence-electron chi connectivity index (χ2n) is 3.87. The Balaban J connectivity index is 2.14. The Morgan fingerprint density at radius 1 is 1.62 bits per heavy atom. The van der Waals surface area contributed by atoms with E-state index < -0.39 is 0 Å². The van der Waals surface area contributed by atoms with Crippen LogP contribution in [0.15, 0.2) is 22.8 Å². The van der Waals surface area contributed by atoms with Crippen LogP contribution in [0.25, 0.3) is 0 Å². The summed E-state index contributed by atoms with van der Waals surface area (Å²) in [6.07, 6.45) is 5.15. The Kier molecular flexibility index (Phi) is 5.64. The maximum Gasteiger partial charge on any atom is 0.236 e. The van der Waals surface area contributed by atoms with Crippen LogP contribution in [0.2, 0.25) is 0 Å². The van der Waals surface area contributed by atoms with Gasteiger partial charge in [-0.1, -0.05) is 19.8 Å². The van der Waals surface area contributed by atoms with Gasteiger partial charge >= 0.3 is 0 Å². The van der Waals surface area contributed by atoms with Gasteiger partial charge < -0.3 is 15.5 Å². The van der Waals surface area contributed by atoms with Crippen LogP contribution < -0.4 is 11.1 Å². The quantitative estimate of drug-likeness (QED) is 0.736. The number of amides is 1. The molecule has 3 N–H and O–H groups in total. The zero-order valence-corrected chi connectivity index (χ0v) is 9.74. The molecule has 1 amide bonds. The van der Waals surface area contributed by atoms with Crippen molar-refractivity contribution >= 4 is 5.91 Å². The van der Waals surface area contributed by atoms with E-state index in [0.29, 0.717) is 13.0 Å². The molecule has 0 bridgehead atoms. The van der Waals surface area contributed by atoms with Crippen molar-refractivity contribution < 1.29 is 9.21 Å². The summed E-state index contributed by atoms with van der Waals surface area (Å²) in [7, 11) is 0. The summed E-state index contributed by atoms with van der Waals surface area (Å²) >= 11 is 0. The molecule has 1 aromatic rings. The maximum atomic E-state index is 11.5. The lowest BCUT2D eigenvalue weighted by atomic mass is 10.1. The Morgan fingerprint density at radius 2 is 2.44 bits per heavy atom. The SMILES string of the molecule is CCCC[C@H](N)C(=O)NCCc1ccco1. The van der Waals surface area contributed by atoms with Crippen molar-refractivity contribution in [1.82, 2.24) is 5.32 Å². The van der Waals surface area contributed by atoms with Gasteiger partial charge in [0.15, 0.2) is 0 Å². The molecule has 1 aromatic heterocycles. The molecule has 90 valence electrons. The predicted octanol–water partition coefficient (Wildman–Crippen LogP) is 1.46. The van der Waals surface area contributed by atoms with Crippen LogP contribution in [0.3, 0.4) is 0 Å². The molecule has 0 aliphatic rings. The number of carbonyl (C=O) groups excluding carboxylic acids is 1. The van der Waals surface area contributed by atoms with E-state index >= 15 is 0 Å². The van der Waals surface area contributed by atoms with Gasteiger partial charge in [0.1, 0.15) is 5.76 Å². The number of nitrogens with one attached hydrogen (secondary N) is 1. The first kappa shape index (κ1) is 12.8. The highest BCUT2D eigenvalue weighted by Gasteiger charge is 2.11. The summed E-state index contributed by atoms with van der Waals surface area (Å²) in [4.78, 5) is 11.5. The predicted molar refractivity (Wildman–Crippen MR) is 62.9 cm³/mol. The van der Waals surface area contributed by atoms with Crippen molar-refractivity contribution in [2.45, 2.75) is 38.6 Å². The van der Waals surface area contributed by atoms with E-state index in [2.05, 4.69) is 12.2 Å². The third-order valence-corrected chi connectivity index (χ3v) is 2.46. The van der Waals surface area contributed by atoms with Gasteiger partial charge in [-0.15, -0.1) is 0 Å². The Bertz CT molecular complexity index is 296. The van der Waals surface area contributed by atoms with Crippen molar-refractivity contribution in [3.63, 3.8) is 0 Å². The smallest absolute Gasteiger partial charge is 0.236 e. The molecular formula is C12H20N2O2. The summed E-state index contributed by atoms with van der Waals surface area (Å²) in [5.74, 6) is 0.808. The summed E-state index contributed by atoms with van der Waals surface area (Å²) in [5.41, 5.74) is 5.73. The highest BCUT2D eigenvalue weighted by atomic mass is 16.3. The normalized spacial score (nSPS) is 12.4. The zero-order chi connectivity index (χ0) is 11.8. The van der Waals surface area contributed by atoms with E-state index in [4.69, 9.17) is 10.2 Å². The van der Waals surface area contributed by atoms with Gasteiger partial charge in [0.05, 0.1) is 12.3 Å². The largest absolute Gasteiger partial charge is 0.469 e. The van der Waals surface area contributed by atoms with Crippen LogP contribution in [-0.4, -0.2) is 18.5 Å². The highest BCUT2D eigenvalue weighted by molar-refractivity contribution is 5.81. The van der Waals surface area contributed by atoms with Gasteiger partial charge in [-0.05, 0) is 18.6 Å². The molecule has 0 radical (unpaired) electrons. The molecule has 0 aromatic carbocycles. The molecule has 4 nitrogen and oxygen atoms in total. The third-order valence-electron chi connectivity index (χ3n) is 2.46. The van der Waals surface area contributed by atoms with Gasteiger partial charge in [0.2, 0.25) is 5.91 Å². The fraction of sp³-hybridized carbons (Fsp3) is 0.583. The van der Waals surface area contributed by atoms with Crippen molar-refractivity contribution in [3.8, 4) is 0 Å². The number of unbranched alkanes of at least 4 members (excludes halogenated alkanes) is 1. The lowest BCUT2D eigenvalue weighted by Crippen LogP contribution is -2.41. The summed E-state index contributed by atoms with van der Waals surface area (Å²) in [6.45, 7) is 2.66. The molecule has 0 saturated heterocycles. The van der Waals surface area contributed by atoms with E-state index in [1.807, 2.05) is 12.1 Å². The van der Waals surface area contributed by atoms with Crippen molar-refractivity contribution in [1.29, 1.82) is 0 Å². The number of furan rings is 1. The molecule has 0 spiro atoms. The van der Waals surface area contributed by atoms with Crippen molar-refractivity contribution in [3.05, 3.63) is 24.2 Å². The molecule has 0 fully saturated rings. The van der Waals surface area contributed by atoms with Crippen molar-refractivity contribution in [2.75, 3.05) is 6.54 Å². The third kappa shape index (κ3) is 4.49. The van der Waals surface area contributed by atoms with Crippen LogP contribution in [0.4, 0.5) is 0 Å². The van der Waals surface area contributed by atoms with Crippen LogP contribution in [-0.2, 0) is 11.2 Å². The number of carbonyl (C=O) groups is 1. The Labute approximate surface area is 96.2 Å². The first-order valence-corrected chi connectivity index (χ1v) is 5.79. The van der Waals surface area contributed by atoms with Crippen LogP contribution in [0, 0.1) is 0 Å². The standard InChI is InChI=1S/C12H20N2O2/c1-2-3-6-11(13)12(15)14-8-7-10-5-4-9-16-10/h4-5,9,11H,2-3,6-8,13H2,1H3,(H,14,15)/t11-/m0/s1. The monoisotopic (exact) mass is 224 g/mol. The minimum Gasteiger partial charge on any atom is -0.469 e. The maximum absolute atomic E-state index is 11.5. The molecule has 1 heterocycles. The van der Waals surface area contributed by atoms with Gasteiger partial charge in [-0.2, -0.15) is 0 Å². The van der Waals surface area contributed by atoms with Crippen LogP contribution >= 0.6 is 0 Å². The summed E-state index contributed by atoms with van der Waals surface area (Å²) in [5, 5.41) is 2.81. The number of nitrogens with two attached hydrogens (primary N) is 1. The number of hydrogen-bond donors (Lipinski definition) is 2. The van der Waals surface area contributed by atoms with Gasteiger partial charge in [-0.3, -0.25) is 4.79 Å². The lowest BCUT2D eigenvalue weighted by molar-refractivity contribution is -0.122. The first-order chi connectivity index (χ1) is 7.74. The second-order valence-corrected chi connectivity index (χ2v) is 3.87. The summed E-state index contributed by atoms with van der Waals surface area (Å²) < 4.78 is 5.16. The Morgan fingerprint density at radius 3 is 3.06 bits per heavy atom. The molecular weight excluding hydrogens is 204 g/mol. The van der Waals surface area contributed by atoms with Crippen LogP contribution in [0.1, 0.15) is 31.9 Å². The van der Waals surface area contributed by atoms with Crippen LogP contribution in [0.5, 0.6) is 0 Å². The average Bonchev–Trinajstić information content (AvgIpc) is 2.78. The molecule has 1 atom stereocenters. The zero-order valence-electron chi connectivity index (χ0n) is 9.74. The number of hydrogen-bond acceptors (Lipinski definition) is 3. The van der Waals surface area contributed by atoms with E-state index in [9.17, 15) is 4.79 Å². The topological polar surface area (TPSA) is 68.3 Å². The molecule has 0 unspecified atom stereocenters. The van der Waals surface area contributed by atoms with E-state index in [1.54, 1.807) is 6.26 Å². The van der Waals surface area contributed by atoms with Gasteiger partial charge in [0.25, 0.3) is 0 Å². The van der Waals surface area contributed by atoms with E-state index in [-0.39, 0.29) is 11.9 Å².